The summed E-state index contributed by atoms with van der Waals surface area (Å²) in [4.78, 5) is 28.5. The van der Waals surface area contributed by atoms with Crippen molar-refractivity contribution in [2.75, 3.05) is 27.4 Å². The van der Waals surface area contributed by atoms with E-state index >= 15 is 0 Å². The lowest BCUT2D eigenvalue weighted by Gasteiger charge is -2.43. The molecule has 0 saturated carbocycles. The molecule has 2 aliphatic heterocycles. The zero-order valence-corrected chi connectivity index (χ0v) is 45.9. The second-order valence-electron chi connectivity index (χ2n) is 21.3. The van der Waals surface area contributed by atoms with Crippen molar-refractivity contribution in [3.05, 3.63) is 46.5 Å². The number of carbonyl (C=O) groups excluding carboxylic acids is 2. The number of esters is 2. The average molecular weight is 975 g/mol. The van der Waals surface area contributed by atoms with Gasteiger partial charge in [-0.05, 0) is 84.2 Å². The summed E-state index contributed by atoms with van der Waals surface area (Å²) in [6.07, 6.45) is -1.19. The van der Waals surface area contributed by atoms with Gasteiger partial charge in [-0.15, -0.1) is 0 Å². The van der Waals surface area contributed by atoms with Gasteiger partial charge in [0.05, 0.1) is 50.4 Å². The van der Waals surface area contributed by atoms with E-state index in [1.165, 1.54) is 26.4 Å². The number of methoxy groups -OCH3 is 2. The van der Waals surface area contributed by atoms with Gasteiger partial charge in [0.15, 0.2) is 0 Å². The summed E-state index contributed by atoms with van der Waals surface area (Å²) < 4.78 is 51.3. The first-order valence-electron chi connectivity index (χ1n) is 24.7. The van der Waals surface area contributed by atoms with E-state index < -0.39 is 40.8 Å². The molecule has 0 bridgehead atoms. The zero-order chi connectivity index (χ0) is 50.5. The van der Waals surface area contributed by atoms with Crippen molar-refractivity contribution >= 4 is 50.1 Å². The zero-order valence-electron chi connectivity index (χ0n) is 43.9. The number of aromatic hydroxyl groups is 2. The van der Waals surface area contributed by atoms with Gasteiger partial charge in [-0.1, -0.05) is 83.1 Å². The van der Waals surface area contributed by atoms with Crippen molar-refractivity contribution in [2.24, 2.45) is 0 Å². The summed E-state index contributed by atoms with van der Waals surface area (Å²) in [7, 11) is -1.65. The SMILES string of the molecule is COc1c2c(cc3c(-c4c(O)cc(OC(C)C)c5c(OC)c6c(cc45)C[C@@H](CO[Si](C(C)C)(C(C)C)C(C)C)OC6=O)c(O)cc(OC(C)C)c13)C[C@@H](CO[Si](C(C)C)(C(C)C)C(C)C)OC2=O. The fourth-order valence-electron chi connectivity index (χ4n) is 12.2. The summed E-state index contributed by atoms with van der Waals surface area (Å²) in [5.74, 6) is -0.464. The van der Waals surface area contributed by atoms with Crippen LogP contribution in [0, 0.1) is 0 Å². The molecule has 2 heterocycles. The van der Waals surface area contributed by atoms with Gasteiger partial charge in [-0.2, -0.15) is 0 Å². The Kier molecular flexibility index (Phi) is 15.9. The van der Waals surface area contributed by atoms with Crippen LogP contribution in [0.2, 0.25) is 33.2 Å². The van der Waals surface area contributed by atoms with E-state index in [1.54, 1.807) is 0 Å². The highest BCUT2D eigenvalue weighted by Crippen LogP contribution is 2.55. The van der Waals surface area contributed by atoms with E-state index in [1.807, 2.05) is 39.8 Å². The second kappa shape index (κ2) is 20.5. The van der Waals surface area contributed by atoms with Crippen molar-refractivity contribution in [3.8, 4) is 45.6 Å². The maximum atomic E-state index is 14.3. The molecular formula is C54H78O12Si2. The monoisotopic (exact) mass is 975 g/mol. The molecule has 0 amide bonds. The molecule has 2 N–H and O–H groups in total. The minimum Gasteiger partial charge on any atom is -0.507 e. The normalized spacial score (nSPS) is 16.8. The Balaban J connectivity index is 1.62. The first kappa shape index (κ1) is 52.9. The molecule has 6 rings (SSSR count). The van der Waals surface area contributed by atoms with Crippen LogP contribution in [0.1, 0.15) is 143 Å². The highest BCUT2D eigenvalue weighted by molar-refractivity contribution is 6.78. The molecular weight excluding hydrogens is 897 g/mol. The Morgan fingerprint density at radius 2 is 0.824 bits per heavy atom. The van der Waals surface area contributed by atoms with Gasteiger partial charge in [0.2, 0.25) is 16.6 Å². The molecule has 4 aromatic carbocycles. The standard InChI is InChI=1S/C54H78O12Si2/c1-27(2)63-43-23-41(55)47(39-21-35-19-37(65-53(57)45(35)51(59-17)49(39)43)25-61-67(29(5)6,30(7)8)31(9)10)48-40-22-36-20-38(26-62-68(32(11)12,33(13)14)34(15)16)66-54(58)46(36)52(60-18)50(40)44(24-42(48)56)64-28(3)4/h21-24,27-34,37-38,55-56H,19-20,25-26H2,1-18H3/t37-,38-/m0/s1. The number of phenolic OH excluding ortho intramolecular Hbond substituents is 2. The number of fused-ring (bicyclic) bond motifs is 4. The van der Waals surface area contributed by atoms with Crippen LogP contribution in [-0.4, -0.2) is 90.6 Å². The van der Waals surface area contributed by atoms with E-state index in [0.29, 0.717) is 78.8 Å². The molecule has 2 atom stereocenters. The lowest BCUT2D eigenvalue weighted by molar-refractivity contribution is 0.00959. The third-order valence-electron chi connectivity index (χ3n) is 14.5. The molecule has 4 aromatic rings. The van der Waals surface area contributed by atoms with Crippen LogP contribution in [0.4, 0.5) is 0 Å². The number of cyclic esters (lactones) is 2. The van der Waals surface area contributed by atoms with Crippen LogP contribution < -0.4 is 18.9 Å². The topological polar surface area (TPSA) is 148 Å². The minimum absolute atomic E-state index is 0.191. The van der Waals surface area contributed by atoms with Gasteiger partial charge in [0.1, 0.15) is 57.8 Å². The molecule has 12 nitrogen and oxygen atoms in total. The predicted molar refractivity (Wildman–Crippen MR) is 275 cm³/mol. The van der Waals surface area contributed by atoms with Crippen molar-refractivity contribution < 1.29 is 57.1 Å². The molecule has 0 unspecified atom stereocenters. The molecule has 374 valence electrons. The summed E-state index contributed by atoms with van der Waals surface area (Å²) >= 11 is 0. The van der Waals surface area contributed by atoms with Crippen LogP contribution in [-0.2, 0) is 31.2 Å². The Hall–Kier alpha value is -4.51. The van der Waals surface area contributed by atoms with Crippen LogP contribution in [0.25, 0.3) is 32.7 Å². The van der Waals surface area contributed by atoms with Crippen molar-refractivity contribution in [1.82, 2.24) is 0 Å². The van der Waals surface area contributed by atoms with E-state index in [4.69, 9.17) is 37.3 Å². The molecule has 0 radical (unpaired) electrons. The van der Waals surface area contributed by atoms with E-state index in [-0.39, 0.29) is 82.2 Å². The quantitative estimate of drug-likeness (QED) is 0.0680. The molecule has 2 aliphatic rings. The highest BCUT2D eigenvalue weighted by atomic mass is 28.4. The maximum Gasteiger partial charge on any atom is 0.342 e. The van der Waals surface area contributed by atoms with E-state index in [0.717, 1.165) is 0 Å². The molecule has 0 aromatic heterocycles. The number of rotatable bonds is 19. The maximum absolute atomic E-state index is 14.3. The molecule has 0 spiro atoms. The summed E-state index contributed by atoms with van der Waals surface area (Å²) in [5, 5.41) is 26.6. The van der Waals surface area contributed by atoms with E-state index in [9.17, 15) is 19.8 Å². The van der Waals surface area contributed by atoms with Crippen LogP contribution >= 0.6 is 0 Å². The first-order valence-corrected chi connectivity index (χ1v) is 29.0. The average Bonchev–Trinajstić information content (AvgIpc) is 3.22. The lowest BCUT2D eigenvalue weighted by atomic mass is 9.85. The lowest BCUT2D eigenvalue weighted by Crippen LogP contribution is -2.50. The number of benzene rings is 4. The smallest absolute Gasteiger partial charge is 0.342 e. The van der Waals surface area contributed by atoms with Crippen LogP contribution in [0.3, 0.4) is 0 Å². The Labute approximate surface area is 406 Å². The van der Waals surface area contributed by atoms with Gasteiger partial charge in [0.25, 0.3) is 0 Å². The van der Waals surface area contributed by atoms with Crippen LogP contribution in [0.15, 0.2) is 24.3 Å². The molecule has 0 fully saturated rings. The van der Waals surface area contributed by atoms with Gasteiger partial charge < -0.3 is 47.5 Å². The summed E-state index contributed by atoms with van der Waals surface area (Å²) in [6.45, 7) is 34.6. The summed E-state index contributed by atoms with van der Waals surface area (Å²) in [5.41, 5.74) is 4.31. The number of hydrogen-bond donors (Lipinski definition) is 2. The molecule has 68 heavy (non-hydrogen) atoms. The predicted octanol–water partition coefficient (Wildman–Crippen LogP) is 13.2. The fourth-order valence-corrected chi connectivity index (χ4v) is 23.1. The number of carbonyl (C=O) groups is 2. The molecule has 14 heteroatoms. The largest absolute Gasteiger partial charge is 0.507 e. The van der Waals surface area contributed by atoms with Crippen LogP contribution in [0.5, 0.6) is 34.5 Å². The second-order valence-corrected chi connectivity index (χ2v) is 32.2. The number of ether oxygens (including phenoxy) is 6. The van der Waals surface area contributed by atoms with Gasteiger partial charge in [0, 0.05) is 46.9 Å². The van der Waals surface area contributed by atoms with Crippen molar-refractivity contribution in [3.63, 3.8) is 0 Å². The minimum atomic E-state index is -2.32. The van der Waals surface area contributed by atoms with Crippen molar-refractivity contribution in [2.45, 2.75) is 181 Å². The first-order chi connectivity index (χ1) is 31.9. The molecule has 0 aliphatic carbocycles. The Bertz CT molecular complexity index is 2310. The molecule has 0 saturated heterocycles. The van der Waals surface area contributed by atoms with Crippen molar-refractivity contribution in [1.29, 1.82) is 0 Å². The van der Waals surface area contributed by atoms with Gasteiger partial charge >= 0.3 is 11.9 Å². The highest BCUT2D eigenvalue weighted by Gasteiger charge is 2.48. The Morgan fingerprint density at radius 3 is 1.09 bits per heavy atom. The summed E-state index contributed by atoms with van der Waals surface area (Å²) in [6, 6.07) is 6.73. The third-order valence-corrected chi connectivity index (χ3v) is 26.7. The van der Waals surface area contributed by atoms with E-state index in [2.05, 4.69) is 83.1 Å². The fraction of sp³-hybridized carbons (Fsp3) is 0.593. The Morgan fingerprint density at radius 1 is 0.515 bits per heavy atom. The van der Waals surface area contributed by atoms with Gasteiger partial charge in [-0.3, -0.25) is 0 Å². The van der Waals surface area contributed by atoms with Gasteiger partial charge in [-0.25, -0.2) is 9.59 Å². The third kappa shape index (κ3) is 9.31. The number of hydrogen-bond acceptors (Lipinski definition) is 12. The number of phenols is 2.